The second-order valence-corrected chi connectivity index (χ2v) is 4.74. The van der Waals surface area contributed by atoms with Crippen LogP contribution in [-0.2, 0) is 14.3 Å². The highest BCUT2D eigenvalue weighted by Crippen LogP contribution is 2.18. The van der Waals surface area contributed by atoms with Gasteiger partial charge in [-0.15, -0.1) is 0 Å². The van der Waals surface area contributed by atoms with Crippen LogP contribution in [0, 0.1) is 0 Å². The van der Waals surface area contributed by atoms with Gasteiger partial charge in [0.1, 0.15) is 0 Å². The topological polar surface area (TPSA) is 58.6 Å². The number of Topliss-reactive ketones (excluding diaryl/α,β-unsaturated/α-hetero) is 1. The molecule has 1 unspecified atom stereocenters. The Morgan fingerprint density at radius 3 is 2.78 bits per heavy atom. The number of hydrogen-bond acceptors (Lipinski definition) is 4. The normalized spacial score (nSPS) is 21.1. The lowest BCUT2D eigenvalue weighted by Crippen LogP contribution is -2.48. The first-order chi connectivity index (χ1) is 8.65. The molecule has 0 saturated carbocycles. The maximum atomic E-state index is 12.2. The molecule has 0 bridgehead atoms. The van der Waals surface area contributed by atoms with Crippen LogP contribution in [0.5, 0.6) is 0 Å². The highest BCUT2D eigenvalue weighted by Gasteiger charge is 2.34. The Morgan fingerprint density at radius 1 is 1.50 bits per heavy atom. The van der Waals surface area contributed by atoms with E-state index in [1.807, 2.05) is 6.92 Å². The molecule has 18 heavy (non-hydrogen) atoms. The fourth-order valence-electron chi connectivity index (χ4n) is 2.45. The lowest BCUT2D eigenvalue weighted by atomic mass is 10.1. The first kappa shape index (κ1) is 15.1. The van der Waals surface area contributed by atoms with E-state index in [1.54, 1.807) is 19.1 Å². The van der Waals surface area contributed by atoms with Crippen LogP contribution in [0.3, 0.4) is 0 Å². The molecule has 1 amide bonds. The number of nitrogens with zero attached hydrogens (tertiary/aromatic N) is 1. The molecule has 1 rings (SSSR count). The number of carbonyl (C=O) groups is 2. The smallest absolute Gasteiger partial charge is 0.291 e. The van der Waals surface area contributed by atoms with E-state index in [-0.39, 0.29) is 23.8 Å². The summed E-state index contributed by atoms with van der Waals surface area (Å²) >= 11 is 0. The van der Waals surface area contributed by atoms with Crippen LogP contribution in [0.15, 0.2) is 0 Å². The maximum Gasteiger partial charge on any atom is 0.291 e. The number of amides is 1. The number of likely N-dealkylation sites (N-methyl/N-ethyl adjacent to an activating group) is 1. The fraction of sp³-hybridized carbons (Fsp3) is 0.846. The Labute approximate surface area is 109 Å². The minimum Gasteiger partial charge on any atom is -0.383 e. The van der Waals surface area contributed by atoms with Gasteiger partial charge in [-0.25, -0.2) is 0 Å². The van der Waals surface area contributed by atoms with Crippen molar-refractivity contribution in [1.82, 2.24) is 10.2 Å². The third kappa shape index (κ3) is 3.53. The summed E-state index contributed by atoms with van der Waals surface area (Å²) in [6, 6.07) is -0.295. The number of rotatable bonds is 7. The molecule has 2 atom stereocenters. The second-order valence-electron chi connectivity index (χ2n) is 4.74. The van der Waals surface area contributed by atoms with Crippen LogP contribution in [0.2, 0.25) is 0 Å². The highest BCUT2D eigenvalue weighted by atomic mass is 16.5. The van der Waals surface area contributed by atoms with Crippen molar-refractivity contribution in [2.75, 3.05) is 27.3 Å². The van der Waals surface area contributed by atoms with Crippen molar-refractivity contribution in [3.8, 4) is 0 Å². The zero-order chi connectivity index (χ0) is 13.5. The summed E-state index contributed by atoms with van der Waals surface area (Å²) in [4.78, 5) is 26.0. The van der Waals surface area contributed by atoms with E-state index in [0.717, 1.165) is 19.3 Å². The minimum absolute atomic E-state index is 0.0607. The van der Waals surface area contributed by atoms with Crippen molar-refractivity contribution in [3.63, 3.8) is 0 Å². The molecule has 1 N–H and O–H groups in total. The van der Waals surface area contributed by atoms with Crippen molar-refractivity contribution in [2.24, 2.45) is 0 Å². The van der Waals surface area contributed by atoms with Crippen molar-refractivity contribution < 1.29 is 14.3 Å². The monoisotopic (exact) mass is 256 g/mol. The van der Waals surface area contributed by atoms with Crippen LogP contribution < -0.4 is 5.32 Å². The van der Waals surface area contributed by atoms with E-state index < -0.39 is 0 Å². The third-order valence-corrected chi connectivity index (χ3v) is 3.45. The summed E-state index contributed by atoms with van der Waals surface area (Å²) in [6.45, 7) is 3.18. The molecule has 104 valence electrons. The number of ether oxygens (including phenoxy) is 1. The Morgan fingerprint density at radius 2 is 2.22 bits per heavy atom. The van der Waals surface area contributed by atoms with Gasteiger partial charge >= 0.3 is 0 Å². The lowest BCUT2D eigenvalue weighted by molar-refractivity contribution is -0.146. The zero-order valence-corrected chi connectivity index (χ0v) is 11.6. The number of likely N-dealkylation sites (tertiary alicyclic amines) is 1. The summed E-state index contributed by atoms with van der Waals surface area (Å²) in [5.41, 5.74) is 0. The zero-order valence-electron chi connectivity index (χ0n) is 11.6. The van der Waals surface area contributed by atoms with Gasteiger partial charge in [-0.3, -0.25) is 9.59 Å². The van der Waals surface area contributed by atoms with Gasteiger partial charge in [-0.05, 0) is 26.3 Å². The van der Waals surface area contributed by atoms with Gasteiger partial charge < -0.3 is 15.0 Å². The van der Waals surface area contributed by atoms with E-state index in [4.69, 9.17) is 4.74 Å². The molecular formula is C13H24N2O3. The Hall–Kier alpha value is -0.940. The summed E-state index contributed by atoms with van der Waals surface area (Å²) in [5.74, 6) is -0.676. The minimum atomic E-state index is -0.359. The predicted octanol–water partition coefficient (Wildman–Crippen LogP) is 0.581. The van der Waals surface area contributed by atoms with Gasteiger partial charge in [0.15, 0.2) is 0 Å². The molecule has 1 aliphatic heterocycles. The molecule has 1 fully saturated rings. The summed E-state index contributed by atoms with van der Waals surface area (Å²) in [5, 5.41) is 2.93. The Kier molecular flexibility index (Phi) is 6.29. The number of nitrogens with one attached hydrogen (secondary N) is 1. The van der Waals surface area contributed by atoms with Crippen LogP contribution in [0.25, 0.3) is 0 Å². The average molecular weight is 256 g/mol. The van der Waals surface area contributed by atoms with Crippen LogP contribution >= 0.6 is 0 Å². The number of methoxy groups -OCH3 is 1. The van der Waals surface area contributed by atoms with Gasteiger partial charge in [0.05, 0.1) is 18.7 Å². The maximum absolute atomic E-state index is 12.2. The van der Waals surface area contributed by atoms with E-state index in [1.165, 1.54) is 0 Å². The molecule has 5 heteroatoms. The van der Waals surface area contributed by atoms with Crippen molar-refractivity contribution in [3.05, 3.63) is 0 Å². The van der Waals surface area contributed by atoms with Crippen molar-refractivity contribution in [2.45, 2.75) is 44.7 Å². The van der Waals surface area contributed by atoms with Crippen molar-refractivity contribution >= 4 is 11.7 Å². The standard InChI is InChI=1S/C13H24N2O3/c1-4-6-11(14-2)12(16)13(17)15-8-5-7-10(15)9-18-3/h10-11,14H,4-9H2,1-3H3/t10-,11?/m1/s1. The number of carbonyl (C=O) groups excluding carboxylic acids is 2. The fourth-order valence-corrected chi connectivity index (χ4v) is 2.45. The molecule has 0 aromatic carbocycles. The van der Waals surface area contributed by atoms with Gasteiger partial charge in [0.25, 0.3) is 5.91 Å². The molecule has 0 spiro atoms. The predicted molar refractivity (Wildman–Crippen MR) is 69.4 cm³/mol. The summed E-state index contributed by atoms with van der Waals surface area (Å²) in [6.07, 6.45) is 3.45. The molecule has 0 aromatic rings. The first-order valence-electron chi connectivity index (χ1n) is 6.66. The van der Waals surface area contributed by atoms with Crippen molar-refractivity contribution in [1.29, 1.82) is 0 Å². The molecule has 1 saturated heterocycles. The van der Waals surface area contributed by atoms with Gasteiger partial charge in [-0.2, -0.15) is 0 Å². The number of ketones is 1. The van der Waals surface area contributed by atoms with Gasteiger partial charge in [0, 0.05) is 13.7 Å². The Bertz CT molecular complexity index is 294. The average Bonchev–Trinajstić information content (AvgIpc) is 2.83. The van der Waals surface area contributed by atoms with Gasteiger partial charge in [0.2, 0.25) is 5.78 Å². The largest absolute Gasteiger partial charge is 0.383 e. The molecule has 1 aliphatic rings. The van der Waals surface area contributed by atoms with Crippen LogP contribution in [0.4, 0.5) is 0 Å². The SMILES string of the molecule is CCCC(NC)C(=O)C(=O)N1CCC[C@@H]1COC. The lowest BCUT2D eigenvalue weighted by Gasteiger charge is -2.25. The number of hydrogen-bond donors (Lipinski definition) is 1. The Balaban J connectivity index is 2.64. The summed E-state index contributed by atoms with van der Waals surface area (Å²) < 4.78 is 5.10. The molecule has 0 aromatic heterocycles. The second kappa shape index (κ2) is 7.48. The quantitative estimate of drug-likeness (QED) is 0.677. The third-order valence-electron chi connectivity index (χ3n) is 3.45. The van der Waals surface area contributed by atoms with E-state index >= 15 is 0 Å². The van der Waals surface area contributed by atoms with Crippen LogP contribution in [0.1, 0.15) is 32.6 Å². The molecular weight excluding hydrogens is 232 g/mol. The molecule has 0 aliphatic carbocycles. The van der Waals surface area contributed by atoms with Crippen LogP contribution in [-0.4, -0.2) is 56.0 Å². The molecule has 0 radical (unpaired) electrons. The molecule has 5 nitrogen and oxygen atoms in total. The summed E-state index contributed by atoms with van der Waals surface area (Å²) in [7, 11) is 3.35. The highest BCUT2D eigenvalue weighted by molar-refractivity contribution is 6.38. The van der Waals surface area contributed by atoms with E-state index in [9.17, 15) is 9.59 Å². The van der Waals surface area contributed by atoms with Gasteiger partial charge in [-0.1, -0.05) is 13.3 Å². The van der Waals surface area contributed by atoms with E-state index in [2.05, 4.69) is 5.32 Å². The molecule has 1 heterocycles. The first-order valence-corrected chi connectivity index (χ1v) is 6.66. The van der Waals surface area contributed by atoms with E-state index in [0.29, 0.717) is 19.6 Å².